The molecule has 0 amide bonds. The Morgan fingerprint density at radius 3 is 2.48 bits per heavy atom. The molecule has 2 N–H and O–H groups in total. The Labute approximate surface area is 135 Å². The number of nitrogens with zero attached hydrogens (tertiary/aromatic N) is 2. The van der Waals surface area contributed by atoms with E-state index in [1.54, 1.807) is 0 Å². The third kappa shape index (κ3) is 3.62. The first-order valence-electron chi connectivity index (χ1n) is 7.35. The van der Waals surface area contributed by atoms with E-state index in [2.05, 4.69) is 0 Å². The quantitative estimate of drug-likeness (QED) is 0.637. The van der Waals surface area contributed by atoms with Crippen LogP contribution in [0.5, 0.6) is 5.75 Å². The molecule has 0 aromatic heterocycles. The van der Waals surface area contributed by atoms with Gasteiger partial charge in [-0.15, -0.1) is 0 Å². The highest BCUT2D eigenvalue weighted by molar-refractivity contribution is 7.89. The fourth-order valence-corrected chi connectivity index (χ4v) is 4.37. The summed E-state index contributed by atoms with van der Waals surface area (Å²) in [5.74, 6) is 0.286. The summed E-state index contributed by atoms with van der Waals surface area (Å²) in [4.78, 5) is 10.2. The number of sulfonamides is 1. The number of non-ortho nitro benzene ring substituents is 1. The van der Waals surface area contributed by atoms with Gasteiger partial charge in [0.2, 0.25) is 10.0 Å². The minimum Gasteiger partial charge on any atom is -0.495 e. The van der Waals surface area contributed by atoms with Crippen molar-refractivity contribution in [2.45, 2.75) is 30.7 Å². The van der Waals surface area contributed by atoms with Gasteiger partial charge < -0.3 is 10.5 Å². The number of benzene rings is 1. The van der Waals surface area contributed by atoms with Crippen LogP contribution in [0.2, 0.25) is 0 Å². The highest BCUT2D eigenvalue weighted by Gasteiger charge is 2.33. The van der Waals surface area contributed by atoms with Gasteiger partial charge >= 0.3 is 0 Å². The molecule has 1 aromatic rings. The van der Waals surface area contributed by atoms with E-state index in [1.807, 2.05) is 6.92 Å². The SMILES string of the molecule is COc1cc([N+](=O)[O-])ccc1S(=O)(=O)N1CCC(C(C)N)CC1. The Bertz CT molecular complexity index is 682. The average Bonchev–Trinajstić information content (AvgIpc) is 2.54. The summed E-state index contributed by atoms with van der Waals surface area (Å²) >= 11 is 0. The van der Waals surface area contributed by atoms with Gasteiger partial charge in [0.15, 0.2) is 0 Å². The molecule has 9 heteroatoms. The van der Waals surface area contributed by atoms with Gasteiger partial charge in [-0.2, -0.15) is 4.31 Å². The molecule has 0 spiro atoms. The third-order valence-corrected chi connectivity index (χ3v) is 6.16. The van der Waals surface area contributed by atoms with Crippen molar-refractivity contribution in [1.82, 2.24) is 4.31 Å². The topological polar surface area (TPSA) is 116 Å². The number of nitro groups is 1. The summed E-state index contributed by atoms with van der Waals surface area (Å²) < 4.78 is 32.0. The molecule has 0 radical (unpaired) electrons. The van der Waals surface area contributed by atoms with Crippen LogP contribution in [0.3, 0.4) is 0 Å². The summed E-state index contributed by atoms with van der Waals surface area (Å²) in [6.45, 7) is 2.69. The highest BCUT2D eigenvalue weighted by atomic mass is 32.2. The lowest BCUT2D eigenvalue weighted by atomic mass is 9.92. The number of rotatable bonds is 5. The van der Waals surface area contributed by atoms with Crippen molar-refractivity contribution in [1.29, 1.82) is 0 Å². The summed E-state index contributed by atoms with van der Waals surface area (Å²) in [7, 11) is -2.46. The lowest BCUT2D eigenvalue weighted by Crippen LogP contribution is -2.42. The first-order chi connectivity index (χ1) is 10.8. The third-order valence-electron chi connectivity index (χ3n) is 4.22. The molecule has 128 valence electrons. The fraction of sp³-hybridized carbons (Fsp3) is 0.571. The molecule has 1 aromatic carbocycles. The number of hydrogen-bond donors (Lipinski definition) is 1. The molecule has 0 saturated carbocycles. The second-order valence-corrected chi connectivity index (χ2v) is 7.60. The summed E-state index contributed by atoms with van der Waals surface area (Å²) in [6, 6.07) is 3.56. The van der Waals surface area contributed by atoms with Crippen molar-refractivity contribution in [3.63, 3.8) is 0 Å². The van der Waals surface area contributed by atoms with E-state index in [0.717, 1.165) is 6.07 Å². The molecule has 1 saturated heterocycles. The zero-order valence-corrected chi connectivity index (χ0v) is 14.0. The van der Waals surface area contributed by atoms with Crippen LogP contribution in [0, 0.1) is 16.0 Å². The largest absolute Gasteiger partial charge is 0.495 e. The van der Waals surface area contributed by atoms with E-state index < -0.39 is 14.9 Å². The van der Waals surface area contributed by atoms with E-state index in [1.165, 1.54) is 23.5 Å². The minimum absolute atomic E-state index is 0.0199. The van der Waals surface area contributed by atoms with Crippen LogP contribution < -0.4 is 10.5 Å². The van der Waals surface area contributed by atoms with Crippen LogP contribution in [0.15, 0.2) is 23.1 Å². The number of nitro benzene ring substituents is 1. The van der Waals surface area contributed by atoms with E-state index >= 15 is 0 Å². The van der Waals surface area contributed by atoms with Gasteiger partial charge in [0.1, 0.15) is 10.6 Å². The van der Waals surface area contributed by atoms with Crippen LogP contribution in [-0.4, -0.2) is 43.9 Å². The van der Waals surface area contributed by atoms with Crippen molar-refractivity contribution in [3.8, 4) is 5.75 Å². The van der Waals surface area contributed by atoms with Gasteiger partial charge in [-0.25, -0.2) is 8.42 Å². The lowest BCUT2D eigenvalue weighted by molar-refractivity contribution is -0.385. The Morgan fingerprint density at radius 2 is 2.00 bits per heavy atom. The summed E-state index contributed by atoms with van der Waals surface area (Å²) in [5, 5.41) is 10.8. The molecule has 1 unspecified atom stereocenters. The van der Waals surface area contributed by atoms with Crippen LogP contribution >= 0.6 is 0 Å². The zero-order chi connectivity index (χ0) is 17.2. The Balaban J connectivity index is 2.28. The molecule has 0 aliphatic carbocycles. The molecule has 1 atom stereocenters. The zero-order valence-electron chi connectivity index (χ0n) is 13.1. The predicted molar refractivity (Wildman–Crippen MR) is 84.8 cm³/mol. The summed E-state index contributed by atoms with van der Waals surface area (Å²) in [5.41, 5.74) is 5.66. The normalized spacial score (nSPS) is 18.6. The first-order valence-corrected chi connectivity index (χ1v) is 8.79. The number of piperidine rings is 1. The van der Waals surface area contributed by atoms with Crippen LogP contribution in [-0.2, 0) is 10.0 Å². The maximum atomic E-state index is 12.8. The van der Waals surface area contributed by atoms with Gasteiger partial charge in [-0.05, 0) is 31.7 Å². The maximum absolute atomic E-state index is 12.8. The molecule has 8 nitrogen and oxygen atoms in total. The van der Waals surface area contributed by atoms with Crippen LogP contribution in [0.1, 0.15) is 19.8 Å². The van der Waals surface area contributed by atoms with Crippen LogP contribution in [0.4, 0.5) is 5.69 Å². The summed E-state index contributed by atoms with van der Waals surface area (Å²) in [6.07, 6.45) is 1.40. The van der Waals surface area contributed by atoms with Crippen LogP contribution in [0.25, 0.3) is 0 Å². The van der Waals surface area contributed by atoms with Crippen molar-refractivity contribution in [2.75, 3.05) is 20.2 Å². The number of methoxy groups -OCH3 is 1. The predicted octanol–water partition coefficient (Wildman–Crippen LogP) is 1.35. The first kappa shape index (κ1) is 17.6. The molecule has 1 heterocycles. The molecule has 2 rings (SSSR count). The molecule has 0 bridgehead atoms. The number of nitrogens with two attached hydrogens (primary N) is 1. The molecule has 23 heavy (non-hydrogen) atoms. The molecular formula is C14H21N3O5S. The van der Waals surface area contributed by atoms with E-state index in [9.17, 15) is 18.5 Å². The van der Waals surface area contributed by atoms with Gasteiger partial charge in [0, 0.05) is 25.2 Å². The molecular weight excluding hydrogens is 322 g/mol. The molecule has 1 aliphatic heterocycles. The van der Waals surface area contributed by atoms with Crippen molar-refractivity contribution in [2.24, 2.45) is 11.7 Å². The number of hydrogen-bond acceptors (Lipinski definition) is 6. The monoisotopic (exact) mass is 343 g/mol. The van der Waals surface area contributed by atoms with E-state index in [0.29, 0.717) is 31.8 Å². The van der Waals surface area contributed by atoms with Gasteiger partial charge in [0.05, 0.1) is 18.1 Å². The van der Waals surface area contributed by atoms with Crippen molar-refractivity contribution in [3.05, 3.63) is 28.3 Å². The highest BCUT2D eigenvalue weighted by Crippen LogP contribution is 2.32. The van der Waals surface area contributed by atoms with E-state index in [-0.39, 0.29) is 22.4 Å². The smallest absolute Gasteiger partial charge is 0.273 e. The maximum Gasteiger partial charge on any atom is 0.273 e. The minimum atomic E-state index is -3.75. The Morgan fingerprint density at radius 1 is 1.39 bits per heavy atom. The van der Waals surface area contributed by atoms with Gasteiger partial charge in [-0.1, -0.05) is 0 Å². The van der Waals surface area contributed by atoms with Gasteiger partial charge in [0.25, 0.3) is 5.69 Å². The fourth-order valence-electron chi connectivity index (χ4n) is 2.76. The average molecular weight is 343 g/mol. The molecule has 1 aliphatic rings. The number of ether oxygens (including phenoxy) is 1. The van der Waals surface area contributed by atoms with Crippen molar-refractivity contribution < 1.29 is 18.1 Å². The Kier molecular flexibility index (Phi) is 5.23. The second-order valence-electron chi connectivity index (χ2n) is 5.69. The Hall–Kier alpha value is -1.71. The van der Waals surface area contributed by atoms with Crippen molar-refractivity contribution >= 4 is 15.7 Å². The lowest BCUT2D eigenvalue weighted by Gasteiger charge is -2.33. The van der Waals surface area contributed by atoms with E-state index in [4.69, 9.17) is 10.5 Å². The second kappa shape index (κ2) is 6.81. The molecule has 1 fully saturated rings. The van der Waals surface area contributed by atoms with Gasteiger partial charge in [-0.3, -0.25) is 10.1 Å². The standard InChI is InChI=1S/C14H21N3O5S/c1-10(15)11-5-7-16(8-6-11)23(20,21)14-4-3-12(17(18)19)9-13(14)22-2/h3-4,9-11H,5-8,15H2,1-2H3.